The van der Waals surface area contributed by atoms with Crippen LogP contribution in [0.3, 0.4) is 0 Å². The molecule has 1 aromatic heterocycles. The van der Waals surface area contributed by atoms with Crippen molar-refractivity contribution in [3.8, 4) is 0 Å². The lowest BCUT2D eigenvalue weighted by Crippen LogP contribution is -2.43. The minimum Gasteiger partial charge on any atom is -0.371 e. The summed E-state index contributed by atoms with van der Waals surface area (Å²) in [5, 5.41) is 15.0. The third-order valence-corrected chi connectivity index (χ3v) is 5.84. The zero-order valence-electron chi connectivity index (χ0n) is 17.1. The molecule has 2 N–H and O–H groups in total. The zero-order chi connectivity index (χ0) is 19.5. The van der Waals surface area contributed by atoms with Crippen molar-refractivity contribution >= 4 is 18.3 Å². The quantitative estimate of drug-likeness (QED) is 0.796. The summed E-state index contributed by atoms with van der Waals surface area (Å²) in [4.78, 5) is 13.0. The Labute approximate surface area is 178 Å². The Bertz CT molecular complexity index is 817. The summed E-state index contributed by atoms with van der Waals surface area (Å²) in [7, 11) is 0. The van der Waals surface area contributed by atoms with Gasteiger partial charge in [-0.2, -0.15) is 0 Å². The van der Waals surface area contributed by atoms with Crippen molar-refractivity contribution in [1.82, 2.24) is 25.6 Å². The number of aromatic nitrogens is 3. The van der Waals surface area contributed by atoms with Crippen LogP contribution in [0.4, 0.5) is 0 Å². The van der Waals surface area contributed by atoms with Crippen LogP contribution in [0.5, 0.6) is 0 Å². The summed E-state index contributed by atoms with van der Waals surface area (Å²) in [6.45, 7) is 6.67. The first kappa shape index (κ1) is 21.7. The molecule has 0 bridgehead atoms. The third kappa shape index (κ3) is 4.79. The van der Waals surface area contributed by atoms with Crippen LogP contribution in [0.25, 0.3) is 0 Å². The van der Waals surface area contributed by atoms with Gasteiger partial charge in [0.05, 0.1) is 17.8 Å². The fraction of sp³-hybridized carbons (Fsp3) is 0.571. The SMILES string of the molecule is Cc1ccc(C2OCCCC2NC(=O)c2nnn(C3CCNCC3)c2C)cc1.Cl. The molecule has 0 saturated carbocycles. The maximum Gasteiger partial charge on any atom is 0.274 e. The molecule has 4 rings (SSSR count). The topological polar surface area (TPSA) is 81.1 Å². The Morgan fingerprint density at radius 1 is 1.17 bits per heavy atom. The number of benzene rings is 1. The molecule has 2 aromatic rings. The lowest BCUT2D eigenvalue weighted by atomic mass is 9.95. The van der Waals surface area contributed by atoms with E-state index in [1.807, 2.05) is 11.6 Å². The second-order valence-corrected chi connectivity index (χ2v) is 7.87. The average molecular weight is 420 g/mol. The molecule has 2 atom stereocenters. The van der Waals surface area contributed by atoms with Crippen molar-refractivity contribution in [2.24, 2.45) is 0 Å². The van der Waals surface area contributed by atoms with Gasteiger partial charge in [0.25, 0.3) is 5.91 Å². The van der Waals surface area contributed by atoms with Crippen molar-refractivity contribution < 1.29 is 9.53 Å². The van der Waals surface area contributed by atoms with E-state index in [0.29, 0.717) is 11.7 Å². The van der Waals surface area contributed by atoms with E-state index in [-0.39, 0.29) is 30.5 Å². The van der Waals surface area contributed by atoms with Gasteiger partial charge in [-0.15, -0.1) is 17.5 Å². The van der Waals surface area contributed by atoms with E-state index in [9.17, 15) is 4.79 Å². The summed E-state index contributed by atoms with van der Waals surface area (Å²) >= 11 is 0. The highest BCUT2D eigenvalue weighted by Gasteiger charge is 2.31. The van der Waals surface area contributed by atoms with Gasteiger partial charge in [-0.25, -0.2) is 4.68 Å². The Kier molecular flexibility index (Phi) is 7.27. The number of nitrogens with zero attached hydrogens (tertiary/aromatic N) is 3. The minimum absolute atomic E-state index is 0. The molecule has 7 nitrogen and oxygen atoms in total. The molecule has 1 amide bonds. The maximum atomic E-state index is 13.0. The standard InChI is InChI=1S/C21H29N5O2.ClH/c1-14-5-7-16(8-6-14)20-18(4-3-13-28-20)23-21(27)19-15(2)26(25-24-19)17-9-11-22-12-10-17;/h5-8,17-18,20,22H,3-4,9-13H2,1-2H3,(H,23,27);1H. The van der Waals surface area contributed by atoms with Crippen molar-refractivity contribution in [3.05, 3.63) is 46.8 Å². The fourth-order valence-electron chi connectivity index (χ4n) is 4.20. The number of rotatable bonds is 4. The first-order chi connectivity index (χ1) is 13.6. The van der Waals surface area contributed by atoms with Crippen LogP contribution in [-0.4, -0.2) is 46.6 Å². The number of carbonyl (C=O) groups excluding carboxylic acids is 1. The summed E-state index contributed by atoms with van der Waals surface area (Å²) in [6.07, 6.45) is 3.73. The van der Waals surface area contributed by atoms with Crippen molar-refractivity contribution in [1.29, 1.82) is 0 Å². The Hall–Kier alpha value is -1.96. The number of amides is 1. The van der Waals surface area contributed by atoms with E-state index < -0.39 is 0 Å². The molecule has 2 saturated heterocycles. The molecular formula is C21H30ClN5O2. The van der Waals surface area contributed by atoms with Crippen LogP contribution in [-0.2, 0) is 4.74 Å². The van der Waals surface area contributed by atoms with Gasteiger partial charge in [-0.05, 0) is 58.2 Å². The van der Waals surface area contributed by atoms with Gasteiger partial charge in [0, 0.05) is 6.61 Å². The lowest BCUT2D eigenvalue weighted by molar-refractivity contribution is -0.00952. The molecule has 2 aliphatic rings. The van der Waals surface area contributed by atoms with Crippen molar-refractivity contribution in [2.45, 2.75) is 57.7 Å². The molecule has 1 aromatic carbocycles. The van der Waals surface area contributed by atoms with E-state index in [4.69, 9.17) is 4.74 Å². The second-order valence-electron chi connectivity index (χ2n) is 7.87. The second kappa shape index (κ2) is 9.69. The molecule has 0 aliphatic carbocycles. The molecule has 3 heterocycles. The van der Waals surface area contributed by atoms with E-state index in [1.54, 1.807) is 0 Å². The van der Waals surface area contributed by atoms with Crippen LogP contribution in [0.1, 0.15) is 65.1 Å². The smallest absolute Gasteiger partial charge is 0.274 e. The number of nitrogens with one attached hydrogen (secondary N) is 2. The zero-order valence-corrected chi connectivity index (χ0v) is 17.9. The van der Waals surface area contributed by atoms with Crippen molar-refractivity contribution in [3.63, 3.8) is 0 Å². The summed E-state index contributed by atoms with van der Waals surface area (Å²) in [5.74, 6) is -0.162. The number of hydrogen-bond acceptors (Lipinski definition) is 5. The van der Waals surface area contributed by atoms with Crippen LogP contribution < -0.4 is 10.6 Å². The Balaban J connectivity index is 0.00000240. The van der Waals surface area contributed by atoms with Gasteiger partial charge in [0.2, 0.25) is 0 Å². The molecule has 2 aliphatic heterocycles. The molecule has 29 heavy (non-hydrogen) atoms. The van der Waals surface area contributed by atoms with Gasteiger partial charge < -0.3 is 15.4 Å². The van der Waals surface area contributed by atoms with E-state index in [2.05, 4.69) is 52.1 Å². The predicted octanol–water partition coefficient (Wildman–Crippen LogP) is 2.89. The van der Waals surface area contributed by atoms with Crippen molar-refractivity contribution in [2.75, 3.05) is 19.7 Å². The third-order valence-electron chi connectivity index (χ3n) is 5.84. The first-order valence-corrected chi connectivity index (χ1v) is 10.2. The lowest BCUT2D eigenvalue weighted by Gasteiger charge is -2.32. The number of ether oxygens (including phenoxy) is 1. The average Bonchev–Trinajstić information content (AvgIpc) is 3.11. The van der Waals surface area contributed by atoms with Gasteiger partial charge >= 0.3 is 0 Å². The molecule has 0 radical (unpaired) electrons. The molecule has 158 valence electrons. The highest BCUT2D eigenvalue weighted by atomic mass is 35.5. The Morgan fingerprint density at radius 3 is 2.62 bits per heavy atom. The molecular weight excluding hydrogens is 390 g/mol. The van der Waals surface area contributed by atoms with Crippen LogP contribution in [0.15, 0.2) is 24.3 Å². The summed E-state index contributed by atoms with van der Waals surface area (Å²) in [5.41, 5.74) is 3.58. The molecule has 8 heteroatoms. The summed E-state index contributed by atoms with van der Waals surface area (Å²) in [6, 6.07) is 8.59. The van der Waals surface area contributed by atoms with E-state index in [0.717, 1.165) is 56.6 Å². The normalized spacial score (nSPS) is 22.7. The highest BCUT2D eigenvalue weighted by Crippen LogP contribution is 2.29. The maximum absolute atomic E-state index is 13.0. The molecule has 0 spiro atoms. The van der Waals surface area contributed by atoms with E-state index >= 15 is 0 Å². The predicted molar refractivity (Wildman–Crippen MR) is 114 cm³/mol. The number of hydrogen-bond donors (Lipinski definition) is 2. The monoisotopic (exact) mass is 419 g/mol. The first-order valence-electron chi connectivity index (χ1n) is 10.2. The molecule has 2 unspecified atom stereocenters. The minimum atomic E-state index is -0.162. The summed E-state index contributed by atoms with van der Waals surface area (Å²) < 4.78 is 7.94. The molecule has 2 fully saturated rings. The van der Waals surface area contributed by atoms with Crippen LogP contribution >= 0.6 is 12.4 Å². The van der Waals surface area contributed by atoms with E-state index in [1.165, 1.54) is 5.56 Å². The largest absolute Gasteiger partial charge is 0.371 e. The van der Waals surface area contributed by atoms with Gasteiger partial charge in [-0.3, -0.25) is 4.79 Å². The fourth-order valence-corrected chi connectivity index (χ4v) is 4.20. The number of piperidine rings is 1. The van der Waals surface area contributed by atoms with Gasteiger partial charge in [-0.1, -0.05) is 35.0 Å². The van der Waals surface area contributed by atoms with Crippen LogP contribution in [0, 0.1) is 13.8 Å². The number of carbonyl (C=O) groups is 1. The van der Waals surface area contributed by atoms with Gasteiger partial charge in [0.1, 0.15) is 6.10 Å². The van der Waals surface area contributed by atoms with Crippen LogP contribution in [0.2, 0.25) is 0 Å². The Morgan fingerprint density at radius 2 is 1.90 bits per heavy atom. The number of aryl methyl sites for hydroxylation is 1. The highest BCUT2D eigenvalue weighted by molar-refractivity contribution is 5.93. The number of halogens is 1. The van der Waals surface area contributed by atoms with Gasteiger partial charge in [0.15, 0.2) is 5.69 Å².